The first-order valence-corrected chi connectivity index (χ1v) is 29.3. The van der Waals surface area contributed by atoms with Crippen LogP contribution in [0.25, 0.3) is 0 Å². The van der Waals surface area contributed by atoms with Gasteiger partial charge in [-0.25, -0.2) is 0 Å². The molecule has 0 N–H and O–H groups in total. The van der Waals surface area contributed by atoms with E-state index in [2.05, 4.69) is 34.6 Å². The van der Waals surface area contributed by atoms with E-state index in [1.165, 1.54) is 218 Å². The standard InChI is InChI=1S/C59H114O6/c1-6-8-9-10-11-12-13-14-15-16-17-20-23-29-34-39-44-49-57(60)63-52-56(65-59(62)51-46-41-36-31-26-25-28-33-38-43-48-55(5)7-2)53-64-58(61)50-45-40-35-30-24-21-18-19-22-27-32-37-42-47-54(3)4/h54-56H,6-53H2,1-5H3/t55?,56-/m0/s1. The van der Waals surface area contributed by atoms with E-state index in [1.54, 1.807) is 0 Å². The molecule has 0 aliphatic carbocycles. The third-order valence-electron chi connectivity index (χ3n) is 13.8. The van der Waals surface area contributed by atoms with Gasteiger partial charge in [-0.3, -0.25) is 14.4 Å². The van der Waals surface area contributed by atoms with Gasteiger partial charge in [0.05, 0.1) is 0 Å². The van der Waals surface area contributed by atoms with Crippen molar-refractivity contribution in [3.8, 4) is 0 Å². The monoisotopic (exact) mass is 919 g/mol. The average molecular weight is 920 g/mol. The van der Waals surface area contributed by atoms with Crippen LogP contribution in [0.2, 0.25) is 0 Å². The first-order valence-electron chi connectivity index (χ1n) is 29.3. The molecule has 0 radical (unpaired) electrons. The van der Waals surface area contributed by atoms with Crippen molar-refractivity contribution in [3.63, 3.8) is 0 Å². The number of hydrogen-bond donors (Lipinski definition) is 0. The van der Waals surface area contributed by atoms with Crippen LogP contribution in [0.5, 0.6) is 0 Å². The number of hydrogen-bond acceptors (Lipinski definition) is 6. The summed E-state index contributed by atoms with van der Waals surface area (Å²) < 4.78 is 16.9. The summed E-state index contributed by atoms with van der Waals surface area (Å²) in [5, 5.41) is 0. The summed E-state index contributed by atoms with van der Waals surface area (Å²) in [6.45, 7) is 11.4. The van der Waals surface area contributed by atoms with Gasteiger partial charge in [0.2, 0.25) is 0 Å². The van der Waals surface area contributed by atoms with Crippen LogP contribution in [0.1, 0.15) is 330 Å². The van der Waals surface area contributed by atoms with Crippen LogP contribution in [0, 0.1) is 11.8 Å². The highest BCUT2D eigenvalue weighted by Gasteiger charge is 2.19. The van der Waals surface area contributed by atoms with Gasteiger partial charge in [-0.2, -0.15) is 0 Å². The molecule has 0 aromatic rings. The minimum Gasteiger partial charge on any atom is -0.462 e. The predicted molar refractivity (Wildman–Crippen MR) is 280 cm³/mol. The predicted octanol–water partition coefficient (Wildman–Crippen LogP) is 19.3. The maximum atomic E-state index is 12.8. The topological polar surface area (TPSA) is 78.9 Å². The first-order chi connectivity index (χ1) is 31.8. The van der Waals surface area contributed by atoms with Gasteiger partial charge >= 0.3 is 17.9 Å². The van der Waals surface area contributed by atoms with E-state index in [0.717, 1.165) is 69.6 Å². The van der Waals surface area contributed by atoms with Gasteiger partial charge in [0.15, 0.2) is 6.10 Å². The number of carbonyl (C=O) groups is 3. The van der Waals surface area contributed by atoms with E-state index in [9.17, 15) is 14.4 Å². The Morgan fingerprint density at radius 1 is 0.323 bits per heavy atom. The van der Waals surface area contributed by atoms with Crippen molar-refractivity contribution in [2.24, 2.45) is 11.8 Å². The van der Waals surface area contributed by atoms with E-state index in [4.69, 9.17) is 14.2 Å². The molecular weight excluding hydrogens is 805 g/mol. The van der Waals surface area contributed by atoms with E-state index < -0.39 is 6.10 Å². The lowest BCUT2D eigenvalue weighted by atomic mass is 9.99. The van der Waals surface area contributed by atoms with Gasteiger partial charge in [0.25, 0.3) is 0 Å². The van der Waals surface area contributed by atoms with Crippen LogP contribution in [-0.2, 0) is 28.6 Å². The van der Waals surface area contributed by atoms with Crippen molar-refractivity contribution in [3.05, 3.63) is 0 Å². The van der Waals surface area contributed by atoms with Crippen molar-refractivity contribution in [1.82, 2.24) is 0 Å². The third-order valence-corrected chi connectivity index (χ3v) is 13.8. The molecule has 0 fully saturated rings. The minimum absolute atomic E-state index is 0.0628. The summed E-state index contributed by atoms with van der Waals surface area (Å²) in [6.07, 6.45) is 55.1. The van der Waals surface area contributed by atoms with Crippen LogP contribution in [0.3, 0.4) is 0 Å². The largest absolute Gasteiger partial charge is 0.462 e. The minimum atomic E-state index is -0.763. The molecule has 0 saturated heterocycles. The molecule has 0 amide bonds. The van der Waals surface area contributed by atoms with E-state index >= 15 is 0 Å². The van der Waals surface area contributed by atoms with Crippen LogP contribution in [0.15, 0.2) is 0 Å². The van der Waals surface area contributed by atoms with Crippen molar-refractivity contribution >= 4 is 17.9 Å². The number of ether oxygens (including phenoxy) is 3. The summed E-state index contributed by atoms with van der Waals surface area (Å²) in [5.41, 5.74) is 0. The van der Waals surface area contributed by atoms with Gasteiger partial charge in [-0.05, 0) is 31.1 Å². The van der Waals surface area contributed by atoms with Gasteiger partial charge in [0.1, 0.15) is 13.2 Å². The van der Waals surface area contributed by atoms with Crippen LogP contribution < -0.4 is 0 Å². The van der Waals surface area contributed by atoms with E-state index in [-0.39, 0.29) is 31.1 Å². The van der Waals surface area contributed by atoms with Crippen LogP contribution in [-0.4, -0.2) is 37.2 Å². The lowest BCUT2D eigenvalue weighted by Crippen LogP contribution is -2.30. The number of unbranched alkanes of at least 4 members (excludes halogenated alkanes) is 37. The maximum absolute atomic E-state index is 12.8. The van der Waals surface area contributed by atoms with Gasteiger partial charge in [-0.15, -0.1) is 0 Å². The molecule has 65 heavy (non-hydrogen) atoms. The Kier molecular flexibility index (Phi) is 50.5. The van der Waals surface area contributed by atoms with Crippen LogP contribution in [0.4, 0.5) is 0 Å². The second-order valence-corrected chi connectivity index (χ2v) is 21.0. The molecule has 0 aromatic heterocycles. The van der Waals surface area contributed by atoms with E-state index in [0.29, 0.717) is 19.3 Å². The zero-order chi connectivity index (χ0) is 47.5. The Morgan fingerprint density at radius 3 is 0.877 bits per heavy atom. The summed E-state index contributed by atoms with van der Waals surface area (Å²) in [7, 11) is 0. The average Bonchev–Trinajstić information content (AvgIpc) is 3.29. The van der Waals surface area contributed by atoms with Crippen molar-refractivity contribution in [1.29, 1.82) is 0 Å². The van der Waals surface area contributed by atoms with Crippen molar-refractivity contribution in [2.75, 3.05) is 13.2 Å². The molecule has 1 unspecified atom stereocenters. The molecule has 0 bridgehead atoms. The number of rotatable bonds is 53. The quantitative estimate of drug-likeness (QED) is 0.0344. The zero-order valence-corrected chi connectivity index (χ0v) is 44.6. The molecule has 0 saturated carbocycles. The summed E-state index contributed by atoms with van der Waals surface area (Å²) >= 11 is 0. The molecule has 0 heterocycles. The number of carbonyl (C=O) groups excluding carboxylic acids is 3. The lowest BCUT2D eigenvalue weighted by Gasteiger charge is -2.18. The zero-order valence-electron chi connectivity index (χ0n) is 44.6. The summed E-state index contributed by atoms with van der Waals surface area (Å²) in [5.74, 6) is 0.868. The SMILES string of the molecule is CCCCCCCCCCCCCCCCCCCC(=O)OC[C@@H](COC(=O)CCCCCCCCCCCCCCCC(C)C)OC(=O)CCCCCCCCCCCCC(C)CC. The summed E-state index contributed by atoms with van der Waals surface area (Å²) in [6, 6.07) is 0. The molecule has 0 spiro atoms. The Bertz CT molecular complexity index is 995. The van der Waals surface area contributed by atoms with E-state index in [1.807, 2.05) is 0 Å². The molecule has 0 rings (SSSR count). The first kappa shape index (κ1) is 63.4. The molecular formula is C59H114O6. The Labute approximate surface area is 406 Å². The molecule has 2 atom stereocenters. The second-order valence-electron chi connectivity index (χ2n) is 21.0. The van der Waals surface area contributed by atoms with Crippen molar-refractivity contribution in [2.45, 2.75) is 336 Å². The fraction of sp³-hybridized carbons (Fsp3) is 0.949. The molecule has 0 aliphatic rings. The summed E-state index contributed by atoms with van der Waals surface area (Å²) in [4.78, 5) is 38.2. The van der Waals surface area contributed by atoms with Crippen LogP contribution >= 0.6 is 0 Å². The molecule has 386 valence electrons. The molecule has 0 aromatic carbocycles. The lowest BCUT2D eigenvalue weighted by molar-refractivity contribution is -0.167. The molecule has 6 heteroatoms. The third kappa shape index (κ3) is 51.6. The fourth-order valence-electron chi connectivity index (χ4n) is 9.02. The maximum Gasteiger partial charge on any atom is 0.306 e. The highest BCUT2D eigenvalue weighted by molar-refractivity contribution is 5.71. The highest BCUT2D eigenvalue weighted by Crippen LogP contribution is 2.19. The fourth-order valence-corrected chi connectivity index (χ4v) is 9.02. The Morgan fingerprint density at radius 2 is 0.585 bits per heavy atom. The smallest absolute Gasteiger partial charge is 0.306 e. The van der Waals surface area contributed by atoms with Gasteiger partial charge < -0.3 is 14.2 Å². The normalized spacial score (nSPS) is 12.5. The molecule has 0 aliphatic heterocycles. The van der Waals surface area contributed by atoms with Crippen molar-refractivity contribution < 1.29 is 28.6 Å². The Balaban J connectivity index is 4.30. The van der Waals surface area contributed by atoms with Gasteiger partial charge in [0, 0.05) is 19.3 Å². The van der Waals surface area contributed by atoms with Gasteiger partial charge in [-0.1, -0.05) is 291 Å². The molecule has 6 nitrogen and oxygen atoms in total. The highest BCUT2D eigenvalue weighted by atomic mass is 16.6. The Hall–Kier alpha value is -1.59. The second kappa shape index (κ2) is 51.8. The number of esters is 3.